The number of benzene rings is 1. The maximum absolute atomic E-state index is 13.6. The van der Waals surface area contributed by atoms with E-state index >= 15 is 0 Å². The number of aliphatic imine (C=N–C) groups is 1. The van der Waals surface area contributed by atoms with Gasteiger partial charge >= 0.3 is 0 Å². The Morgan fingerprint density at radius 2 is 1.91 bits per heavy atom. The zero-order chi connectivity index (χ0) is 16.9. The largest absolute Gasteiger partial charge is 0.352 e. The van der Waals surface area contributed by atoms with Gasteiger partial charge in [-0.15, -0.1) is 0 Å². The molecule has 1 heterocycles. The Hall–Kier alpha value is -2.44. The molecule has 0 saturated heterocycles. The monoisotopic (exact) mass is 319 g/mol. The van der Waals surface area contributed by atoms with Crippen LogP contribution in [0.25, 0.3) is 0 Å². The summed E-state index contributed by atoms with van der Waals surface area (Å²) in [7, 11) is 1.65. The summed E-state index contributed by atoms with van der Waals surface area (Å²) in [5.74, 6) is 1.42. The van der Waals surface area contributed by atoms with E-state index in [1.165, 1.54) is 6.07 Å². The maximum Gasteiger partial charge on any atom is 0.232 e. The number of nitrogens with zero attached hydrogens (tertiary/aromatic N) is 3. The molecular weight excluding hydrogens is 297 g/mol. The molecular formula is C16H22FN5O. The number of hydrogen-bond acceptors (Lipinski definition) is 4. The minimum Gasteiger partial charge on any atom is -0.352 e. The standard InChI is InChI=1S/C16H22FN5O/c1-16(2,3)14-21-13(22-23-14)10-20-15(18-4)19-9-11-7-5-6-8-12(11)17/h5-8H,9-10H2,1-4H3,(H2,18,19,20). The molecule has 0 amide bonds. The number of hydrogen-bond donors (Lipinski definition) is 2. The van der Waals surface area contributed by atoms with Gasteiger partial charge in [0.1, 0.15) is 5.82 Å². The van der Waals surface area contributed by atoms with Crippen molar-refractivity contribution in [3.05, 3.63) is 47.4 Å². The molecule has 7 heteroatoms. The lowest BCUT2D eigenvalue weighted by molar-refractivity contribution is 0.318. The van der Waals surface area contributed by atoms with Gasteiger partial charge in [-0.3, -0.25) is 4.99 Å². The number of guanidine groups is 1. The fraction of sp³-hybridized carbons (Fsp3) is 0.438. The molecule has 0 aliphatic rings. The van der Waals surface area contributed by atoms with Crippen LogP contribution >= 0.6 is 0 Å². The van der Waals surface area contributed by atoms with Crippen molar-refractivity contribution in [1.82, 2.24) is 20.8 Å². The van der Waals surface area contributed by atoms with E-state index in [4.69, 9.17) is 4.52 Å². The molecule has 2 rings (SSSR count). The van der Waals surface area contributed by atoms with Crippen LogP contribution in [0.2, 0.25) is 0 Å². The SMILES string of the molecule is CN=C(NCc1noc(C(C)(C)C)n1)NCc1ccccc1F. The van der Waals surface area contributed by atoms with E-state index in [9.17, 15) is 4.39 Å². The minimum absolute atomic E-state index is 0.185. The van der Waals surface area contributed by atoms with Crippen LogP contribution in [0, 0.1) is 5.82 Å². The molecule has 0 unspecified atom stereocenters. The Labute approximate surface area is 135 Å². The van der Waals surface area contributed by atoms with Crippen molar-refractivity contribution in [2.75, 3.05) is 7.05 Å². The van der Waals surface area contributed by atoms with Crippen molar-refractivity contribution in [2.45, 2.75) is 39.3 Å². The topological polar surface area (TPSA) is 75.3 Å². The Morgan fingerprint density at radius 3 is 2.52 bits per heavy atom. The van der Waals surface area contributed by atoms with Crippen LogP contribution < -0.4 is 10.6 Å². The molecule has 2 aromatic rings. The van der Waals surface area contributed by atoms with Gasteiger partial charge < -0.3 is 15.2 Å². The second-order valence-corrected chi connectivity index (χ2v) is 6.14. The highest BCUT2D eigenvalue weighted by atomic mass is 19.1. The first-order valence-corrected chi connectivity index (χ1v) is 7.41. The molecule has 0 radical (unpaired) electrons. The molecule has 0 spiro atoms. The molecule has 0 aliphatic heterocycles. The van der Waals surface area contributed by atoms with Crippen molar-refractivity contribution in [2.24, 2.45) is 4.99 Å². The molecule has 6 nitrogen and oxygen atoms in total. The zero-order valence-corrected chi connectivity index (χ0v) is 13.9. The van der Waals surface area contributed by atoms with Gasteiger partial charge in [-0.25, -0.2) is 4.39 Å². The highest BCUT2D eigenvalue weighted by Gasteiger charge is 2.21. The summed E-state index contributed by atoms with van der Waals surface area (Å²) in [5.41, 5.74) is 0.390. The highest BCUT2D eigenvalue weighted by Crippen LogP contribution is 2.19. The molecule has 0 bridgehead atoms. The van der Waals surface area contributed by atoms with Gasteiger partial charge in [-0.2, -0.15) is 4.98 Å². The van der Waals surface area contributed by atoms with Crippen molar-refractivity contribution >= 4 is 5.96 Å². The average Bonchev–Trinajstić information content (AvgIpc) is 2.98. The van der Waals surface area contributed by atoms with Crippen LogP contribution in [0.3, 0.4) is 0 Å². The summed E-state index contributed by atoms with van der Waals surface area (Å²) < 4.78 is 18.8. The fourth-order valence-corrected chi connectivity index (χ4v) is 1.83. The molecule has 0 aliphatic carbocycles. The molecule has 2 N–H and O–H groups in total. The Kier molecular flexibility index (Phi) is 5.31. The average molecular weight is 319 g/mol. The van der Waals surface area contributed by atoms with Crippen LogP contribution in [-0.4, -0.2) is 23.1 Å². The lowest BCUT2D eigenvalue weighted by Crippen LogP contribution is -2.36. The summed E-state index contributed by atoms with van der Waals surface area (Å²) in [6.07, 6.45) is 0. The van der Waals surface area contributed by atoms with Crippen LogP contribution in [0.5, 0.6) is 0 Å². The fourth-order valence-electron chi connectivity index (χ4n) is 1.83. The number of rotatable bonds is 4. The normalized spacial score (nSPS) is 12.3. The number of nitrogens with one attached hydrogen (secondary N) is 2. The summed E-state index contributed by atoms with van der Waals surface area (Å²) >= 11 is 0. The van der Waals surface area contributed by atoms with Crippen LogP contribution in [-0.2, 0) is 18.5 Å². The molecule has 0 fully saturated rings. The zero-order valence-electron chi connectivity index (χ0n) is 13.9. The minimum atomic E-state index is -0.247. The lowest BCUT2D eigenvalue weighted by atomic mass is 9.97. The lowest BCUT2D eigenvalue weighted by Gasteiger charge is -2.11. The maximum atomic E-state index is 13.6. The van der Waals surface area contributed by atoms with Crippen LogP contribution in [0.4, 0.5) is 4.39 Å². The number of aromatic nitrogens is 2. The quantitative estimate of drug-likeness (QED) is 0.668. The van der Waals surface area contributed by atoms with Gasteiger partial charge in [-0.1, -0.05) is 44.1 Å². The highest BCUT2D eigenvalue weighted by molar-refractivity contribution is 5.79. The van der Waals surface area contributed by atoms with Crippen LogP contribution in [0.15, 0.2) is 33.8 Å². The summed E-state index contributed by atoms with van der Waals surface area (Å²) in [6, 6.07) is 6.61. The molecule has 0 saturated carbocycles. The van der Waals surface area contributed by atoms with Gasteiger partial charge in [0.2, 0.25) is 5.89 Å². The van der Waals surface area contributed by atoms with E-state index in [0.717, 1.165) is 0 Å². The summed E-state index contributed by atoms with van der Waals surface area (Å²) in [5, 5.41) is 10.0. The van der Waals surface area contributed by atoms with E-state index < -0.39 is 0 Å². The third-order valence-corrected chi connectivity index (χ3v) is 3.15. The van der Waals surface area contributed by atoms with Gasteiger partial charge in [0.15, 0.2) is 11.8 Å². The molecule has 1 aromatic carbocycles. The van der Waals surface area contributed by atoms with E-state index in [2.05, 4.69) is 25.8 Å². The first-order valence-electron chi connectivity index (χ1n) is 7.41. The van der Waals surface area contributed by atoms with Gasteiger partial charge in [0, 0.05) is 24.6 Å². The molecule has 124 valence electrons. The Balaban J connectivity index is 1.88. The van der Waals surface area contributed by atoms with E-state index in [1.54, 1.807) is 25.2 Å². The van der Waals surface area contributed by atoms with Crippen molar-refractivity contribution in [1.29, 1.82) is 0 Å². The predicted molar refractivity (Wildman–Crippen MR) is 86.4 cm³/mol. The molecule has 0 atom stereocenters. The molecule has 23 heavy (non-hydrogen) atoms. The van der Waals surface area contributed by atoms with E-state index in [1.807, 2.05) is 20.8 Å². The predicted octanol–water partition coefficient (Wildman–Crippen LogP) is 2.37. The summed E-state index contributed by atoms with van der Waals surface area (Å²) in [6.45, 7) is 6.73. The van der Waals surface area contributed by atoms with Crippen molar-refractivity contribution in [3.8, 4) is 0 Å². The number of halogens is 1. The van der Waals surface area contributed by atoms with Crippen molar-refractivity contribution in [3.63, 3.8) is 0 Å². The smallest absolute Gasteiger partial charge is 0.232 e. The first kappa shape index (κ1) is 16.9. The third kappa shape index (κ3) is 4.77. The Bertz CT molecular complexity index is 675. The summed E-state index contributed by atoms with van der Waals surface area (Å²) in [4.78, 5) is 8.43. The van der Waals surface area contributed by atoms with Gasteiger partial charge in [-0.05, 0) is 6.07 Å². The second-order valence-electron chi connectivity index (χ2n) is 6.14. The second kappa shape index (κ2) is 7.21. The van der Waals surface area contributed by atoms with E-state index in [-0.39, 0.29) is 11.2 Å². The van der Waals surface area contributed by atoms with Gasteiger partial charge in [0.25, 0.3) is 0 Å². The molecule has 1 aromatic heterocycles. The van der Waals surface area contributed by atoms with Crippen molar-refractivity contribution < 1.29 is 8.91 Å². The Morgan fingerprint density at radius 1 is 1.22 bits per heavy atom. The first-order chi connectivity index (χ1) is 10.9. The van der Waals surface area contributed by atoms with Gasteiger partial charge in [0.05, 0.1) is 6.54 Å². The van der Waals surface area contributed by atoms with Crippen LogP contribution in [0.1, 0.15) is 38.0 Å². The van der Waals surface area contributed by atoms with E-state index in [0.29, 0.717) is 36.3 Å². The third-order valence-electron chi connectivity index (χ3n) is 3.15.